The van der Waals surface area contributed by atoms with E-state index in [4.69, 9.17) is 15.9 Å². The second-order valence-electron chi connectivity index (χ2n) is 8.65. The van der Waals surface area contributed by atoms with Crippen molar-refractivity contribution in [1.29, 1.82) is 0 Å². The highest BCUT2D eigenvalue weighted by Crippen LogP contribution is 2.08. The van der Waals surface area contributed by atoms with Crippen LogP contribution in [0.1, 0.15) is 53.9 Å². The Hall–Kier alpha value is -2.73. The number of aliphatic hydroxyl groups excluding tert-OH is 1. The number of carboxylic acid groups (broad SMARTS) is 2. The zero-order valence-electron chi connectivity index (χ0n) is 19.1. The summed E-state index contributed by atoms with van der Waals surface area (Å²) in [6, 6.07) is -5.21. The number of amides is 3. The van der Waals surface area contributed by atoms with Gasteiger partial charge in [0.1, 0.15) is 18.1 Å². The van der Waals surface area contributed by atoms with E-state index < -0.39 is 66.4 Å². The highest BCUT2D eigenvalue weighted by Gasteiger charge is 2.33. The van der Waals surface area contributed by atoms with Gasteiger partial charge in [-0.25, -0.2) is 4.79 Å². The number of rotatable bonds is 14. The number of aliphatic hydroxyl groups is 1. The summed E-state index contributed by atoms with van der Waals surface area (Å²) >= 11 is 0. The van der Waals surface area contributed by atoms with Crippen molar-refractivity contribution in [2.75, 3.05) is 0 Å². The summed E-state index contributed by atoms with van der Waals surface area (Å²) in [4.78, 5) is 59.7. The van der Waals surface area contributed by atoms with Crippen LogP contribution in [0.4, 0.5) is 0 Å². The van der Waals surface area contributed by atoms with Gasteiger partial charge in [0.2, 0.25) is 17.7 Å². The maximum atomic E-state index is 12.7. The van der Waals surface area contributed by atoms with Crippen molar-refractivity contribution in [3.63, 3.8) is 0 Å². The molecule has 184 valence electrons. The second-order valence-corrected chi connectivity index (χ2v) is 8.65. The molecule has 0 heterocycles. The van der Waals surface area contributed by atoms with Crippen LogP contribution in [-0.4, -0.2) is 75.3 Å². The summed E-state index contributed by atoms with van der Waals surface area (Å²) in [5.74, 6) is -5.34. The lowest BCUT2D eigenvalue weighted by Crippen LogP contribution is -2.60. The van der Waals surface area contributed by atoms with E-state index in [-0.39, 0.29) is 18.3 Å². The fraction of sp³-hybridized carbons (Fsp3) is 0.750. The summed E-state index contributed by atoms with van der Waals surface area (Å²) in [7, 11) is 0. The molecule has 5 atom stereocenters. The van der Waals surface area contributed by atoms with Gasteiger partial charge in [-0.2, -0.15) is 0 Å². The molecule has 0 rings (SSSR count). The molecule has 12 heteroatoms. The van der Waals surface area contributed by atoms with Crippen LogP contribution in [0.2, 0.25) is 0 Å². The number of hydrogen-bond donors (Lipinski definition) is 7. The Morgan fingerprint density at radius 2 is 1.25 bits per heavy atom. The molecule has 0 radical (unpaired) electrons. The Kier molecular flexibility index (Phi) is 12.5. The van der Waals surface area contributed by atoms with Crippen molar-refractivity contribution >= 4 is 29.7 Å². The minimum Gasteiger partial charge on any atom is -0.481 e. The molecule has 0 fully saturated rings. The summed E-state index contributed by atoms with van der Waals surface area (Å²) in [5.41, 5.74) is 5.81. The topological polar surface area (TPSA) is 208 Å². The maximum absolute atomic E-state index is 12.7. The zero-order valence-corrected chi connectivity index (χ0v) is 19.1. The van der Waals surface area contributed by atoms with E-state index in [9.17, 15) is 29.1 Å². The zero-order chi connectivity index (χ0) is 25.2. The van der Waals surface area contributed by atoms with Crippen LogP contribution in [-0.2, 0) is 24.0 Å². The van der Waals surface area contributed by atoms with Gasteiger partial charge in [0.05, 0.1) is 18.6 Å². The highest BCUT2D eigenvalue weighted by molar-refractivity contribution is 5.94. The van der Waals surface area contributed by atoms with Crippen LogP contribution in [0.25, 0.3) is 0 Å². The summed E-state index contributed by atoms with van der Waals surface area (Å²) in [6.45, 7) is 8.55. The fourth-order valence-electron chi connectivity index (χ4n) is 2.89. The van der Waals surface area contributed by atoms with Crippen LogP contribution < -0.4 is 21.7 Å². The first-order valence-corrected chi connectivity index (χ1v) is 10.4. The molecule has 0 aliphatic heterocycles. The molecule has 0 aromatic heterocycles. The Labute approximate surface area is 187 Å². The predicted octanol–water partition coefficient (Wildman–Crippen LogP) is -1.20. The van der Waals surface area contributed by atoms with Gasteiger partial charge in [-0.1, -0.05) is 27.7 Å². The Balaban J connectivity index is 5.44. The number of hydrogen-bond acceptors (Lipinski definition) is 7. The monoisotopic (exact) mass is 460 g/mol. The molecule has 5 unspecified atom stereocenters. The standard InChI is InChI=1S/C20H36N4O8/c1-9(2)6-12(21)17(28)24-16(11(5)25)19(30)22-13(7-10(3)4)18(29)23-14(20(31)32)8-15(26)27/h9-14,16,25H,6-8,21H2,1-5H3,(H,22,30)(H,23,29)(H,24,28)(H,26,27)(H,31,32). The lowest BCUT2D eigenvalue weighted by molar-refractivity contribution is -0.147. The van der Waals surface area contributed by atoms with Crippen LogP contribution in [0, 0.1) is 11.8 Å². The van der Waals surface area contributed by atoms with Crippen LogP contribution in [0.3, 0.4) is 0 Å². The number of nitrogens with two attached hydrogens (primary N) is 1. The van der Waals surface area contributed by atoms with Gasteiger partial charge in [0, 0.05) is 0 Å². The van der Waals surface area contributed by atoms with Gasteiger partial charge < -0.3 is 37.0 Å². The van der Waals surface area contributed by atoms with Gasteiger partial charge in [0.15, 0.2) is 0 Å². The minimum absolute atomic E-state index is 0.102. The first-order valence-electron chi connectivity index (χ1n) is 10.4. The summed E-state index contributed by atoms with van der Waals surface area (Å²) in [6.07, 6.45) is -1.70. The maximum Gasteiger partial charge on any atom is 0.326 e. The van der Waals surface area contributed by atoms with Crippen molar-refractivity contribution in [2.45, 2.75) is 84.2 Å². The number of nitrogens with one attached hydrogen (secondary N) is 3. The predicted molar refractivity (Wildman–Crippen MR) is 114 cm³/mol. The first-order chi connectivity index (χ1) is 14.6. The molecular formula is C20H36N4O8. The lowest BCUT2D eigenvalue weighted by atomic mass is 10.0. The first kappa shape index (κ1) is 29.3. The van der Waals surface area contributed by atoms with Gasteiger partial charge in [-0.3, -0.25) is 19.2 Å². The van der Waals surface area contributed by atoms with E-state index in [1.807, 2.05) is 13.8 Å². The molecule has 0 spiro atoms. The van der Waals surface area contributed by atoms with Crippen molar-refractivity contribution in [3.8, 4) is 0 Å². The number of carbonyl (C=O) groups excluding carboxylic acids is 3. The smallest absolute Gasteiger partial charge is 0.326 e. The van der Waals surface area contributed by atoms with Gasteiger partial charge in [-0.15, -0.1) is 0 Å². The fourth-order valence-corrected chi connectivity index (χ4v) is 2.89. The van der Waals surface area contributed by atoms with Crippen molar-refractivity contribution in [1.82, 2.24) is 16.0 Å². The normalized spacial score (nSPS) is 15.9. The summed E-state index contributed by atoms with van der Waals surface area (Å²) in [5, 5.41) is 34.8. The van der Waals surface area contributed by atoms with Crippen LogP contribution >= 0.6 is 0 Å². The van der Waals surface area contributed by atoms with Gasteiger partial charge >= 0.3 is 11.9 Å². The second kappa shape index (κ2) is 13.6. The van der Waals surface area contributed by atoms with Crippen LogP contribution in [0.5, 0.6) is 0 Å². The third-order valence-corrected chi connectivity index (χ3v) is 4.46. The SMILES string of the molecule is CC(C)CC(N)C(=O)NC(C(=O)NC(CC(C)C)C(=O)NC(CC(=O)O)C(=O)O)C(C)O. The third kappa shape index (κ3) is 11.0. The lowest BCUT2D eigenvalue weighted by Gasteiger charge is -2.27. The Bertz CT molecular complexity index is 681. The quantitative estimate of drug-likeness (QED) is 0.166. The molecule has 0 aromatic rings. The number of carboxylic acids is 2. The molecule has 32 heavy (non-hydrogen) atoms. The van der Waals surface area contributed by atoms with Crippen molar-refractivity contribution in [2.24, 2.45) is 17.6 Å². The molecule has 0 aliphatic rings. The van der Waals surface area contributed by atoms with E-state index in [2.05, 4.69) is 16.0 Å². The largest absolute Gasteiger partial charge is 0.481 e. The third-order valence-electron chi connectivity index (χ3n) is 4.46. The molecular weight excluding hydrogens is 424 g/mol. The summed E-state index contributed by atoms with van der Waals surface area (Å²) < 4.78 is 0. The Morgan fingerprint density at radius 1 is 0.750 bits per heavy atom. The molecule has 12 nitrogen and oxygen atoms in total. The van der Waals surface area contributed by atoms with Crippen molar-refractivity contribution in [3.05, 3.63) is 0 Å². The molecule has 0 saturated heterocycles. The molecule has 3 amide bonds. The van der Waals surface area contributed by atoms with Gasteiger partial charge in [-0.05, 0) is 31.6 Å². The van der Waals surface area contributed by atoms with E-state index in [0.717, 1.165) is 0 Å². The molecule has 0 aliphatic carbocycles. The average Bonchev–Trinajstić information content (AvgIpc) is 2.62. The number of carbonyl (C=O) groups is 5. The van der Waals surface area contributed by atoms with E-state index in [1.54, 1.807) is 13.8 Å². The van der Waals surface area contributed by atoms with Gasteiger partial charge in [0.25, 0.3) is 0 Å². The molecule has 0 saturated carbocycles. The average molecular weight is 461 g/mol. The highest BCUT2D eigenvalue weighted by atomic mass is 16.4. The minimum atomic E-state index is -1.69. The van der Waals surface area contributed by atoms with E-state index >= 15 is 0 Å². The van der Waals surface area contributed by atoms with E-state index in [0.29, 0.717) is 6.42 Å². The van der Waals surface area contributed by atoms with E-state index in [1.165, 1.54) is 6.92 Å². The van der Waals surface area contributed by atoms with Crippen LogP contribution in [0.15, 0.2) is 0 Å². The van der Waals surface area contributed by atoms with Crippen molar-refractivity contribution < 1.29 is 39.3 Å². The Morgan fingerprint density at radius 3 is 1.66 bits per heavy atom. The number of aliphatic carboxylic acids is 2. The molecule has 8 N–H and O–H groups in total. The molecule has 0 aromatic carbocycles. The molecule has 0 bridgehead atoms.